The molecule has 0 bridgehead atoms. The maximum Gasteiger partial charge on any atom is 0.106 e. The lowest BCUT2D eigenvalue weighted by Gasteiger charge is -2.12. The molecule has 1 N–H and O–H groups in total. The first-order chi connectivity index (χ1) is 10.1. The lowest BCUT2D eigenvalue weighted by molar-refractivity contribution is 0.623. The van der Waals surface area contributed by atoms with Crippen molar-refractivity contribution in [3.63, 3.8) is 0 Å². The predicted molar refractivity (Wildman–Crippen MR) is 88.6 cm³/mol. The fourth-order valence-corrected chi connectivity index (χ4v) is 2.46. The molecule has 0 aliphatic rings. The molecule has 1 heterocycles. The van der Waals surface area contributed by atoms with Gasteiger partial charge in [-0.3, -0.25) is 0 Å². The second-order valence-corrected chi connectivity index (χ2v) is 5.96. The molecule has 0 spiro atoms. The third kappa shape index (κ3) is 4.18. The molecule has 0 aliphatic carbocycles. The molecule has 3 nitrogen and oxygen atoms in total. The maximum absolute atomic E-state index is 4.46. The largest absolute Gasteiger partial charge is 0.327 e. The highest BCUT2D eigenvalue weighted by atomic mass is 15.1. The number of nitrogens with one attached hydrogen (secondary N) is 1. The van der Waals surface area contributed by atoms with Crippen molar-refractivity contribution in [3.8, 4) is 0 Å². The second kappa shape index (κ2) is 7.41. The maximum atomic E-state index is 4.46. The van der Waals surface area contributed by atoms with Crippen LogP contribution in [-0.2, 0) is 13.1 Å². The van der Waals surface area contributed by atoms with Crippen molar-refractivity contribution in [1.29, 1.82) is 0 Å². The zero-order valence-electron chi connectivity index (χ0n) is 13.7. The van der Waals surface area contributed by atoms with Gasteiger partial charge >= 0.3 is 0 Å². The van der Waals surface area contributed by atoms with E-state index in [2.05, 4.69) is 66.8 Å². The zero-order valence-corrected chi connectivity index (χ0v) is 13.7. The number of hydrogen-bond acceptors (Lipinski definition) is 2. The Morgan fingerprint density at radius 2 is 1.90 bits per heavy atom. The molecular formula is C18H27N3. The van der Waals surface area contributed by atoms with Crippen molar-refractivity contribution < 1.29 is 0 Å². The number of nitrogens with zero attached hydrogens (tertiary/aromatic N) is 2. The summed E-state index contributed by atoms with van der Waals surface area (Å²) in [5, 5.41) is 3.45. The first-order valence-corrected chi connectivity index (χ1v) is 7.92. The highest BCUT2D eigenvalue weighted by molar-refractivity contribution is 5.25. The molecule has 2 aromatic rings. The Morgan fingerprint density at radius 1 is 1.19 bits per heavy atom. The topological polar surface area (TPSA) is 29.9 Å². The molecule has 0 saturated carbocycles. The average Bonchev–Trinajstić information content (AvgIpc) is 2.81. The van der Waals surface area contributed by atoms with Gasteiger partial charge in [-0.1, -0.05) is 45.0 Å². The third-order valence-electron chi connectivity index (χ3n) is 3.86. The van der Waals surface area contributed by atoms with E-state index in [4.69, 9.17) is 0 Å². The van der Waals surface area contributed by atoms with E-state index in [-0.39, 0.29) is 0 Å². The van der Waals surface area contributed by atoms with Gasteiger partial charge < -0.3 is 9.88 Å². The fourth-order valence-electron chi connectivity index (χ4n) is 2.46. The Morgan fingerprint density at radius 3 is 2.52 bits per heavy atom. The number of imidazole rings is 1. The Kier molecular flexibility index (Phi) is 5.57. The molecule has 0 atom stereocenters. The molecule has 114 valence electrons. The number of aryl methyl sites for hydroxylation is 1. The van der Waals surface area contributed by atoms with Crippen molar-refractivity contribution in [2.24, 2.45) is 0 Å². The lowest BCUT2D eigenvalue weighted by Crippen LogP contribution is -2.17. The molecule has 0 saturated heterocycles. The molecule has 0 aliphatic heterocycles. The van der Waals surface area contributed by atoms with Crippen LogP contribution in [-0.4, -0.2) is 16.1 Å². The van der Waals surface area contributed by atoms with Gasteiger partial charge in [-0.25, -0.2) is 4.98 Å². The van der Waals surface area contributed by atoms with Gasteiger partial charge in [0.05, 0.1) is 5.69 Å². The van der Waals surface area contributed by atoms with Crippen molar-refractivity contribution in [2.75, 3.05) is 6.54 Å². The Balaban J connectivity index is 2.09. The Bertz CT molecular complexity index is 552. The van der Waals surface area contributed by atoms with Gasteiger partial charge in [0.2, 0.25) is 0 Å². The summed E-state index contributed by atoms with van der Waals surface area (Å²) in [7, 11) is 0. The molecule has 0 radical (unpaired) electrons. The first-order valence-electron chi connectivity index (χ1n) is 7.92. The quantitative estimate of drug-likeness (QED) is 0.783. The number of hydrogen-bond donors (Lipinski definition) is 1. The third-order valence-corrected chi connectivity index (χ3v) is 3.86. The highest BCUT2D eigenvalue weighted by Crippen LogP contribution is 2.16. The van der Waals surface area contributed by atoms with E-state index < -0.39 is 0 Å². The van der Waals surface area contributed by atoms with Crippen LogP contribution in [0.15, 0.2) is 30.5 Å². The van der Waals surface area contributed by atoms with Crippen LogP contribution in [0.1, 0.15) is 55.8 Å². The smallest absolute Gasteiger partial charge is 0.106 e. The summed E-state index contributed by atoms with van der Waals surface area (Å²) in [5.74, 6) is 1.67. The van der Waals surface area contributed by atoms with Crippen LogP contribution < -0.4 is 5.32 Å². The van der Waals surface area contributed by atoms with Crippen molar-refractivity contribution in [1.82, 2.24) is 14.9 Å². The van der Waals surface area contributed by atoms with E-state index in [0.29, 0.717) is 5.92 Å². The van der Waals surface area contributed by atoms with Crippen LogP contribution in [0.3, 0.4) is 0 Å². The second-order valence-electron chi connectivity index (χ2n) is 5.96. The molecule has 1 aromatic heterocycles. The number of aromatic nitrogens is 2. The normalized spacial score (nSPS) is 11.3. The SMILES string of the molecule is CCCNCc1cnc(C)n1Cc1ccc(C(C)C)cc1. The molecular weight excluding hydrogens is 258 g/mol. The Labute approximate surface area is 128 Å². The van der Waals surface area contributed by atoms with Gasteiger partial charge in [0.1, 0.15) is 5.82 Å². The highest BCUT2D eigenvalue weighted by Gasteiger charge is 2.07. The van der Waals surface area contributed by atoms with Crippen LogP contribution in [0.4, 0.5) is 0 Å². The standard InChI is InChI=1S/C18H27N3/c1-5-10-19-11-18-12-20-15(4)21(18)13-16-6-8-17(9-7-16)14(2)3/h6-9,12,14,19H,5,10-11,13H2,1-4H3. The van der Waals surface area contributed by atoms with E-state index in [1.54, 1.807) is 0 Å². The molecule has 21 heavy (non-hydrogen) atoms. The van der Waals surface area contributed by atoms with Crippen LogP contribution >= 0.6 is 0 Å². The van der Waals surface area contributed by atoms with Gasteiger partial charge in [0.25, 0.3) is 0 Å². The van der Waals surface area contributed by atoms with Gasteiger partial charge in [-0.05, 0) is 36.9 Å². The van der Waals surface area contributed by atoms with Crippen molar-refractivity contribution in [3.05, 3.63) is 53.1 Å². The van der Waals surface area contributed by atoms with Gasteiger partial charge in [0, 0.05) is 19.3 Å². The van der Waals surface area contributed by atoms with Gasteiger partial charge in [0.15, 0.2) is 0 Å². The van der Waals surface area contributed by atoms with E-state index in [0.717, 1.165) is 31.9 Å². The van der Waals surface area contributed by atoms with Gasteiger partial charge in [-0.2, -0.15) is 0 Å². The van der Waals surface area contributed by atoms with E-state index in [1.165, 1.54) is 16.8 Å². The summed E-state index contributed by atoms with van der Waals surface area (Å²) < 4.78 is 2.30. The van der Waals surface area contributed by atoms with Crippen LogP contribution in [0, 0.1) is 6.92 Å². The average molecular weight is 285 g/mol. The van der Waals surface area contributed by atoms with E-state index >= 15 is 0 Å². The minimum atomic E-state index is 0.586. The molecule has 0 amide bonds. The summed E-state index contributed by atoms with van der Waals surface area (Å²) in [5.41, 5.74) is 3.98. The monoisotopic (exact) mass is 285 g/mol. The van der Waals surface area contributed by atoms with Crippen molar-refractivity contribution in [2.45, 2.75) is 53.1 Å². The summed E-state index contributed by atoms with van der Waals surface area (Å²) in [6.07, 6.45) is 3.14. The number of benzene rings is 1. The van der Waals surface area contributed by atoms with Crippen LogP contribution in [0.5, 0.6) is 0 Å². The van der Waals surface area contributed by atoms with Crippen molar-refractivity contribution >= 4 is 0 Å². The van der Waals surface area contributed by atoms with E-state index in [1.807, 2.05) is 6.20 Å². The molecule has 1 aromatic carbocycles. The molecule has 0 fully saturated rings. The lowest BCUT2D eigenvalue weighted by atomic mass is 10.0. The summed E-state index contributed by atoms with van der Waals surface area (Å²) in [6, 6.07) is 8.94. The molecule has 3 heteroatoms. The minimum absolute atomic E-state index is 0.586. The van der Waals surface area contributed by atoms with E-state index in [9.17, 15) is 0 Å². The van der Waals surface area contributed by atoms with Gasteiger partial charge in [-0.15, -0.1) is 0 Å². The summed E-state index contributed by atoms with van der Waals surface area (Å²) >= 11 is 0. The molecule has 0 unspecified atom stereocenters. The predicted octanol–water partition coefficient (Wildman–Crippen LogP) is 3.86. The Hall–Kier alpha value is -1.61. The minimum Gasteiger partial charge on any atom is -0.327 e. The van der Waals surface area contributed by atoms with Crippen LogP contribution in [0.2, 0.25) is 0 Å². The number of rotatable bonds is 7. The fraction of sp³-hybridized carbons (Fsp3) is 0.500. The van der Waals surface area contributed by atoms with Crippen LogP contribution in [0.25, 0.3) is 0 Å². The zero-order chi connectivity index (χ0) is 15.2. The first kappa shape index (κ1) is 15.8. The summed E-state index contributed by atoms with van der Waals surface area (Å²) in [4.78, 5) is 4.46. The summed E-state index contributed by atoms with van der Waals surface area (Å²) in [6.45, 7) is 11.6. The molecule has 2 rings (SSSR count).